The van der Waals surface area contributed by atoms with Gasteiger partial charge in [0.25, 0.3) is 5.78 Å². The van der Waals surface area contributed by atoms with Crippen LogP contribution >= 0.6 is 0 Å². The Balaban J connectivity index is 3.00. The fraction of sp³-hybridized carbons (Fsp3) is 0.273. The Labute approximate surface area is 97.3 Å². The van der Waals surface area contributed by atoms with Gasteiger partial charge in [-0.15, -0.1) is 0 Å². The molecule has 0 aliphatic heterocycles. The average Bonchev–Trinajstić information content (AvgIpc) is 2.35. The van der Waals surface area contributed by atoms with E-state index in [1.807, 2.05) is 0 Å². The smallest absolute Gasteiger partial charge is 0.375 e. The fourth-order valence-corrected chi connectivity index (χ4v) is 1.42. The first-order valence-corrected chi connectivity index (χ1v) is 4.85. The van der Waals surface area contributed by atoms with Crippen molar-refractivity contribution in [2.45, 2.75) is 5.92 Å². The number of hydrogen-bond donors (Lipinski definition) is 0. The summed E-state index contributed by atoms with van der Waals surface area (Å²) in [7, 11) is 1.06. The zero-order chi connectivity index (χ0) is 12.8. The number of rotatable bonds is 5. The first-order chi connectivity index (χ1) is 8.06. The van der Waals surface area contributed by atoms with Crippen LogP contribution in [0.1, 0.15) is 11.5 Å². The van der Waals surface area contributed by atoms with E-state index in [-0.39, 0.29) is 0 Å². The molecule has 6 nitrogen and oxygen atoms in total. The molecule has 0 unspecified atom stereocenters. The lowest BCUT2D eigenvalue weighted by Crippen LogP contribution is -2.28. The van der Waals surface area contributed by atoms with Crippen molar-refractivity contribution in [3.05, 3.63) is 46.0 Å². The van der Waals surface area contributed by atoms with Gasteiger partial charge in [-0.3, -0.25) is 14.9 Å². The zero-order valence-corrected chi connectivity index (χ0v) is 9.16. The van der Waals surface area contributed by atoms with Crippen molar-refractivity contribution < 1.29 is 19.2 Å². The molecule has 6 heteroatoms. The molecule has 0 heterocycles. The van der Waals surface area contributed by atoms with Crippen molar-refractivity contribution in [1.29, 1.82) is 0 Å². The standard InChI is InChI=1S/C11H11NO5/c1-17-11(14)10(13)9(7-12(15)16)8-5-3-2-4-6-8/h2-6,9H,7H2,1H3/t9-/m1/s1. The van der Waals surface area contributed by atoms with Crippen LogP contribution in [0.2, 0.25) is 0 Å². The van der Waals surface area contributed by atoms with E-state index in [2.05, 4.69) is 4.74 Å². The third-order valence-corrected chi connectivity index (χ3v) is 2.24. The average molecular weight is 237 g/mol. The van der Waals surface area contributed by atoms with Crippen LogP contribution < -0.4 is 0 Å². The number of carbonyl (C=O) groups excluding carboxylic acids is 2. The fourth-order valence-electron chi connectivity index (χ4n) is 1.42. The molecule has 1 aromatic carbocycles. The summed E-state index contributed by atoms with van der Waals surface area (Å²) >= 11 is 0. The predicted molar refractivity (Wildman–Crippen MR) is 58.1 cm³/mol. The molecule has 0 aromatic heterocycles. The van der Waals surface area contributed by atoms with E-state index in [0.29, 0.717) is 5.56 Å². The maximum absolute atomic E-state index is 11.6. The Morgan fingerprint density at radius 3 is 2.41 bits per heavy atom. The summed E-state index contributed by atoms with van der Waals surface area (Å²) in [5.74, 6) is -3.07. The largest absolute Gasteiger partial charge is 0.463 e. The highest BCUT2D eigenvalue weighted by Crippen LogP contribution is 2.17. The molecule has 0 saturated carbocycles. The molecular weight excluding hydrogens is 226 g/mol. The maximum Gasteiger partial charge on any atom is 0.375 e. The van der Waals surface area contributed by atoms with Gasteiger partial charge in [0.1, 0.15) is 5.92 Å². The molecule has 1 rings (SSSR count). The second-order valence-corrected chi connectivity index (χ2v) is 3.33. The van der Waals surface area contributed by atoms with Gasteiger partial charge >= 0.3 is 5.97 Å². The molecule has 17 heavy (non-hydrogen) atoms. The Morgan fingerprint density at radius 1 is 1.35 bits per heavy atom. The lowest BCUT2D eigenvalue weighted by molar-refractivity contribution is -0.481. The number of carbonyl (C=O) groups is 2. The summed E-state index contributed by atoms with van der Waals surface area (Å²) in [5.41, 5.74) is 0.430. The Bertz CT molecular complexity index is 429. The number of hydrogen-bond acceptors (Lipinski definition) is 5. The van der Waals surface area contributed by atoms with Crippen molar-refractivity contribution in [3.63, 3.8) is 0 Å². The molecule has 90 valence electrons. The van der Waals surface area contributed by atoms with Crippen LogP contribution in [-0.2, 0) is 14.3 Å². The van der Waals surface area contributed by atoms with Crippen LogP contribution in [0.3, 0.4) is 0 Å². The summed E-state index contributed by atoms with van der Waals surface area (Å²) in [5, 5.41) is 10.5. The second kappa shape index (κ2) is 5.74. The topological polar surface area (TPSA) is 86.5 Å². The molecule has 0 fully saturated rings. The third kappa shape index (κ3) is 3.37. The van der Waals surface area contributed by atoms with Crippen LogP contribution in [0.25, 0.3) is 0 Å². The summed E-state index contributed by atoms with van der Waals surface area (Å²) in [6.45, 7) is -0.627. The minimum Gasteiger partial charge on any atom is -0.463 e. The number of ketones is 1. The number of nitro groups is 1. The van der Waals surface area contributed by atoms with Gasteiger partial charge in [-0.1, -0.05) is 30.3 Å². The quantitative estimate of drug-likeness (QED) is 0.327. The first-order valence-electron chi connectivity index (χ1n) is 4.85. The van der Waals surface area contributed by atoms with E-state index >= 15 is 0 Å². The predicted octanol–water partition coefficient (Wildman–Crippen LogP) is 0.789. The molecule has 0 aliphatic carbocycles. The number of ether oxygens (including phenoxy) is 1. The molecule has 0 amide bonds. The summed E-state index contributed by atoms with van der Waals surface area (Å²) in [4.78, 5) is 32.6. The van der Waals surface area contributed by atoms with Crippen LogP contribution in [0.5, 0.6) is 0 Å². The SMILES string of the molecule is COC(=O)C(=O)[C@H](C[N+](=O)[O-])c1ccccc1. The molecule has 0 radical (unpaired) electrons. The maximum atomic E-state index is 11.6. The highest BCUT2D eigenvalue weighted by atomic mass is 16.6. The van der Waals surface area contributed by atoms with Gasteiger partial charge in [-0.05, 0) is 5.56 Å². The van der Waals surface area contributed by atoms with E-state index in [0.717, 1.165) is 7.11 Å². The van der Waals surface area contributed by atoms with Gasteiger partial charge in [0.05, 0.1) is 7.11 Å². The van der Waals surface area contributed by atoms with E-state index in [1.54, 1.807) is 30.3 Å². The summed E-state index contributed by atoms with van der Waals surface area (Å²) < 4.78 is 4.28. The van der Waals surface area contributed by atoms with Gasteiger partial charge in [0, 0.05) is 4.92 Å². The molecule has 1 atom stereocenters. The number of benzene rings is 1. The van der Waals surface area contributed by atoms with Crippen LogP contribution in [0.4, 0.5) is 0 Å². The van der Waals surface area contributed by atoms with Crippen molar-refractivity contribution in [1.82, 2.24) is 0 Å². The van der Waals surface area contributed by atoms with Gasteiger partial charge in [-0.25, -0.2) is 4.79 Å². The highest BCUT2D eigenvalue weighted by molar-refractivity contribution is 6.35. The summed E-state index contributed by atoms with van der Waals surface area (Å²) in [6.07, 6.45) is 0. The normalized spacial score (nSPS) is 11.6. The van der Waals surface area contributed by atoms with Crippen molar-refractivity contribution >= 4 is 11.8 Å². The Kier molecular flexibility index (Phi) is 4.33. The van der Waals surface area contributed by atoms with E-state index < -0.39 is 29.1 Å². The Morgan fingerprint density at radius 2 is 1.94 bits per heavy atom. The van der Waals surface area contributed by atoms with Gasteiger partial charge < -0.3 is 4.74 Å². The van der Waals surface area contributed by atoms with Gasteiger partial charge in [-0.2, -0.15) is 0 Å². The number of nitrogens with zero attached hydrogens (tertiary/aromatic N) is 1. The van der Waals surface area contributed by atoms with E-state index in [4.69, 9.17) is 0 Å². The van der Waals surface area contributed by atoms with Crippen molar-refractivity contribution in [2.24, 2.45) is 0 Å². The molecule has 0 spiro atoms. The van der Waals surface area contributed by atoms with Gasteiger partial charge in [0.2, 0.25) is 6.54 Å². The zero-order valence-electron chi connectivity index (χ0n) is 9.16. The van der Waals surface area contributed by atoms with Crippen LogP contribution in [0.15, 0.2) is 30.3 Å². The lowest BCUT2D eigenvalue weighted by atomic mass is 9.95. The first kappa shape index (κ1) is 12.8. The summed E-state index contributed by atoms with van der Waals surface area (Å²) in [6, 6.07) is 8.14. The molecule has 0 bridgehead atoms. The van der Waals surface area contributed by atoms with E-state index in [9.17, 15) is 19.7 Å². The van der Waals surface area contributed by atoms with E-state index in [1.165, 1.54) is 0 Å². The monoisotopic (exact) mass is 237 g/mol. The molecule has 0 saturated heterocycles. The van der Waals surface area contributed by atoms with Gasteiger partial charge in [0.15, 0.2) is 0 Å². The van der Waals surface area contributed by atoms with Crippen molar-refractivity contribution in [2.75, 3.05) is 13.7 Å². The number of esters is 1. The third-order valence-electron chi connectivity index (χ3n) is 2.24. The lowest BCUT2D eigenvalue weighted by Gasteiger charge is -2.10. The molecular formula is C11H11NO5. The van der Waals surface area contributed by atoms with Crippen LogP contribution in [-0.4, -0.2) is 30.3 Å². The number of methoxy groups -OCH3 is 1. The highest BCUT2D eigenvalue weighted by Gasteiger charge is 2.31. The minimum atomic E-state index is -1.10. The molecule has 1 aromatic rings. The Hall–Kier alpha value is -2.24. The molecule has 0 N–H and O–H groups in total. The van der Waals surface area contributed by atoms with Crippen LogP contribution in [0, 0.1) is 10.1 Å². The molecule has 0 aliphatic rings. The number of Topliss-reactive ketones (excluding diaryl/α,β-unsaturated/α-hetero) is 1. The second-order valence-electron chi connectivity index (χ2n) is 3.33. The minimum absolute atomic E-state index is 0.430. The van der Waals surface area contributed by atoms with Crippen molar-refractivity contribution in [3.8, 4) is 0 Å².